The van der Waals surface area contributed by atoms with Crippen molar-refractivity contribution in [2.24, 2.45) is 5.10 Å². The van der Waals surface area contributed by atoms with E-state index in [0.717, 1.165) is 11.4 Å². The second-order valence-corrected chi connectivity index (χ2v) is 6.55. The molecule has 9 nitrogen and oxygen atoms in total. The van der Waals surface area contributed by atoms with Gasteiger partial charge in [0, 0.05) is 16.9 Å². The predicted octanol–water partition coefficient (Wildman–Crippen LogP) is 4.50. The van der Waals surface area contributed by atoms with Crippen molar-refractivity contribution in [1.29, 1.82) is 0 Å². The van der Waals surface area contributed by atoms with Crippen molar-refractivity contribution < 1.29 is 9.90 Å². The lowest BCUT2D eigenvalue weighted by atomic mass is 10.1. The summed E-state index contributed by atoms with van der Waals surface area (Å²) in [6, 6.07) is 25.6. The third-order valence-corrected chi connectivity index (χ3v) is 4.25. The molecule has 0 amide bonds. The summed E-state index contributed by atoms with van der Waals surface area (Å²) in [5, 5.41) is 19.7. The van der Waals surface area contributed by atoms with Crippen LogP contribution in [0.5, 0.6) is 0 Å². The van der Waals surface area contributed by atoms with Crippen LogP contribution in [0.2, 0.25) is 0 Å². The standard InChI is InChI=1S/C23H19N7O2/c31-20(32)19-14-8-7-9-16(19)15-24-30-23-28-21(25-17-10-3-1-4-11-17)27-22(29-23)26-18-12-5-2-6-13-18/h1-15H,(H,31,32)(H3,25,26,27,28,29,30)/b24-15-. The smallest absolute Gasteiger partial charge is 0.336 e. The van der Waals surface area contributed by atoms with Crippen molar-refractivity contribution in [2.45, 2.75) is 0 Å². The molecule has 3 aromatic carbocycles. The highest BCUT2D eigenvalue weighted by molar-refractivity contribution is 5.98. The SMILES string of the molecule is O=C(O)c1ccccc1/C=N\Nc1nc(Nc2ccccc2)nc(Nc2ccccc2)n1. The molecule has 0 aliphatic carbocycles. The van der Waals surface area contributed by atoms with Gasteiger partial charge >= 0.3 is 5.97 Å². The van der Waals surface area contributed by atoms with Crippen LogP contribution < -0.4 is 16.1 Å². The number of carboxylic acid groups (broad SMARTS) is 1. The van der Waals surface area contributed by atoms with Gasteiger partial charge in [-0.1, -0.05) is 54.6 Å². The van der Waals surface area contributed by atoms with E-state index in [4.69, 9.17) is 0 Å². The summed E-state index contributed by atoms with van der Waals surface area (Å²) in [7, 11) is 0. The number of hydrazone groups is 1. The van der Waals surface area contributed by atoms with Crippen molar-refractivity contribution >= 4 is 41.4 Å². The van der Waals surface area contributed by atoms with Gasteiger partial charge in [0.2, 0.25) is 17.8 Å². The fraction of sp³-hybridized carbons (Fsp3) is 0. The first-order chi connectivity index (χ1) is 15.7. The summed E-state index contributed by atoms with van der Waals surface area (Å²) >= 11 is 0. The minimum Gasteiger partial charge on any atom is -0.478 e. The Bertz CT molecular complexity index is 1170. The van der Waals surface area contributed by atoms with Gasteiger partial charge in [0.25, 0.3) is 0 Å². The number of anilines is 5. The molecule has 9 heteroatoms. The Balaban J connectivity index is 1.59. The number of carboxylic acids is 1. The van der Waals surface area contributed by atoms with Gasteiger partial charge in [-0.3, -0.25) is 0 Å². The summed E-state index contributed by atoms with van der Waals surface area (Å²) < 4.78 is 0. The van der Waals surface area contributed by atoms with Gasteiger partial charge in [-0.05, 0) is 30.3 Å². The predicted molar refractivity (Wildman–Crippen MR) is 124 cm³/mol. The van der Waals surface area contributed by atoms with E-state index < -0.39 is 5.97 Å². The molecule has 0 radical (unpaired) electrons. The molecule has 1 heterocycles. The lowest BCUT2D eigenvalue weighted by molar-refractivity contribution is 0.0696. The second kappa shape index (κ2) is 9.81. The Hall–Kier alpha value is -4.79. The Morgan fingerprint density at radius 1 is 0.719 bits per heavy atom. The van der Waals surface area contributed by atoms with E-state index in [1.165, 1.54) is 12.3 Å². The zero-order valence-electron chi connectivity index (χ0n) is 16.8. The Kier molecular flexibility index (Phi) is 6.28. The van der Waals surface area contributed by atoms with Crippen molar-refractivity contribution in [3.05, 3.63) is 96.1 Å². The molecule has 0 spiro atoms. The average molecular weight is 425 g/mol. The fourth-order valence-corrected chi connectivity index (χ4v) is 2.80. The van der Waals surface area contributed by atoms with E-state index in [1.807, 2.05) is 60.7 Å². The molecule has 0 fully saturated rings. The highest BCUT2D eigenvalue weighted by Gasteiger charge is 2.09. The van der Waals surface area contributed by atoms with Crippen LogP contribution in [0.4, 0.5) is 29.2 Å². The fourth-order valence-electron chi connectivity index (χ4n) is 2.80. The molecule has 0 saturated heterocycles. The summed E-state index contributed by atoms with van der Waals surface area (Å²) in [6.07, 6.45) is 1.40. The largest absolute Gasteiger partial charge is 0.478 e. The molecule has 0 aliphatic rings. The van der Waals surface area contributed by atoms with E-state index in [-0.39, 0.29) is 11.5 Å². The van der Waals surface area contributed by atoms with E-state index in [1.54, 1.807) is 18.2 Å². The first-order valence-corrected chi connectivity index (χ1v) is 9.69. The van der Waals surface area contributed by atoms with E-state index in [0.29, 0.717) is 17.5 Å². The second-order valence-electron chi connectivity index (χ2n) is 6.55. The number of benzene rings is 3. The number of aromatic nitrogens is 3. The van der Waals surface area contributed by atoms with Gasteiger partial charge in [-0.25, -0.2) is 10.2 Å². The van der Waals surface area contributed by atoms with Crippen LogP contribution in [0, 0.1) is 0 Å². The van der Waals surface area contributed by atoms with Gasteiger partial charge in [0.15, 0.2) is 0 Å². The maximum atomic E-state index is 11.4. The number of carbonyl (C=O) groups is 1. The molecule has 0 atom stereocenters. The van der Waals surface area contributed by atoms with Crippen molar-refractivity contribution in [3.63, 3.8) is 0 Å². The highest BCUT2D eigenvalue weighted by Crippen LogP contribution is 2.18. The lowest BCUT2D eigenvalue weighted by Gasteiger charge is -2.10. The number of para-hydroxylation sites is 2. The van der Waals surface area contributed by atoms with Crippen LogP contribution in [-0.4, -0.2) is 32.2 Å². The molecule has 4 N–H and O–H groups in total. The minimum atomic E-state index is -1.03. The van der Waals surface area contributed by atoms with Crippen molar-refractivity contribution in [2.75, 3.05) is 16.1 Å². The van der Waals surface area contributed by atoms with E-state index in [9.17, 15) is 9.90 Å². The Labute approximate surface area is 183 Å². The first-order valence-electron chi connectivity index (χ1n) is 9.69. The molecule has 158 valence electrons. The van der Waals surface area contributed by atoms with Crippen molar-refractivity contribution in [3.8, 4) is 0 Å². The lowest BCUT2D eigenvalue weighted by Crippen LogP contribution is -2.07. The Morgan fingerprint density at radius 3 is 1.78 bits per heavy atom. The van der Waals surface area contributed by atoms with Crippen LogP contribution in [0.15, 0.2) is 90.0 Å². The number of nitrogens with zero attached hydrogens (tertiary/aromatic N) is 4. The van der Waals surface area contributed by atoms with Gasteiger partial charge in [-0.2, -0.15) is 20.1 Å². The number of hydrogen-bond donors (Lipinski definition) is 4. The minimum absolute atomic E-state index is 0.145. The molecule has 32 heavy (non-hydrogen) atoms. The molecular weight excluding hydrogens is 406 g/mol. The third kappa shape index (κ3) is 5.42. The van der Waals surface area contributed by atoms with E-state index in [2.05, 4.69) is 36.1 Å². The zero-order chi connectivity index (χ0) is 22.2. The van der Waals surface area contributed by atoms with Crippen LogP contribution in [0.25, 0.3) is 0 Å². The molecule has 0 bridgehead atoms. The van der Waals surface area contributed by atoms with Crippen LogP contribution in [0.3, 0.4) is 0 Å². The van der Waals surface area contributed by atoms with E-state index >= 15 is 0 Å². The summed E-state index contributed by atoms with van der Waals surface area (Å²) in [5.41, 5.74) is 4.97. The summed E-state index contributed by atoms with van der Waals surface area (Å²) in [4.78, 5) is 24.5. The van der Waals surface area contributed by atoms with Crippen LogP contribution in [-0.2, 0) is 0 Å². The number of aromatic carboxylic acids is 1. The molecule has 4 aromatic rings. The van der Waals surface area contributed by atoms with Crippen LogP contribution >= 0.6 is 0 Å². The van der Waals surface area contributed by atoms with Crippen molar-refractivity contribution in [1.82, 2.24) is 15.0 Å². The molecule has 4 rings (SSSR count). The maximum absolute atomic E-state index is 11.4. The molecule has 0 unspecified atom stereocenters. The van der Waals surface area contributed by atoms with Gasteiger partial charge in [-0.15, -0.1) is 0 Å². The van der Waals surface area contributed by atoms with Gasteiger partial charge < -0.3 is 15.7 Å². The molecule has 0 aliphatic heterocycles. The molecular formula is C23H19N7O2. The van der Waals surface area contributed by atoms with Crippen LogP contribution in [0.1, 0.15) is 15.9 Å². The van der Waals surface area contributed by atoms with Gasteiger partial charge in [0.1, 0.15) is 0 Å². The maximum Gasteiger partial charge on any atom is 0.336 e. The average Bonchev–Trinajstić information content (AvgIpc) is 2.80. The molecule has 0 saturated carbocycles. The highest BCUT2D eigenvalue weighted by atomic mass is 16.4. The first kappa shape index (κ1) is 20.5. The Morgan fingerprint density at radius 2 is 1.22 bits per heavy atom. The van der Waals surface area contributed by atoms with Gasteiger partial charge in [0.05, 0.1) is 11.8 Å². The molecule has 1 aromatic heterocycles. The zero-order valence-corrected chi connectivity index (χ0v) is 16.8. The summed E-state index contributed by atoms with van der Waals surface area (Å²) in [6.45, 7) is 0. The number of hydrogen-bond acceptors (Lipinski definition) is 8. The topological polar surface area (TPSA) is 124 Å². The normalized spacial score (nSPS) is 10.6. The third-order valence-electron chi connectivity index (χ3n) is 4.25. The number of nitrogens with one attached hydrogen (secondary N) is 3. The number of rotatable bonds is 8. The monoisotopic (exact) mass is 425 g/mol. The quantitative estimate of drug-likeness (QED) is 0.240. The summed E-state index contributed by atoms with van der Waals surface area (Å²) in [5.74, 6) is -0.224.